The van der Waals surface area contributed by atoms with Gasteiger partial charge in [0, 0.05) is 13.1 Å². The van der Waals surface area contributed by atoms with Crippen LogP contribution in [0.5, 0.6) is 0 Å². The van der Waals surface area contributed by atoms with Gasteiger partial charge in [0.15, 0.2) is 0 Å². The molecule has 0 saturated heterocycles. The monoisotopic (exact) mass is 264 g/mol. The molecule has 0 radical (unpaired) electrons. The lowest BCUT2D eigenvalue weighted by atomic mass is 9.85. The van der Waals surface area contributed by atoms with E-state index in [0.717, 1.165) is 31.1 Å². The van der Waals surface area contributed by atoms with Gasteiger partial charge in [-0.05, 0) is 36.4 Å². The number of rotatable bonds is 8. The van der Waals surface area contributed by atoms with Crippen LogP contribution in [0.1, 0.15) is 40.3 Å². The standard InChI is InChI=1S/C15H28N4/c1-6-16-9-13-7-8-15(19-18-13)17-10-14(11(2)3)12(4)5/h7-8,11-12,14,16H,6,9-10H2,1-5H3,(H,17,19). The van der Waals surface area contributed by atoms with Crippen LogP contribution in [0.2, 0.25) is 0 Å². The van der Waals surface area contributed by atoms with Crippen LogP contribution >= 0.6 is 0 Å². The third-order valence-corrected chi connectivity index (χ3v) is 3.51. The van der Waals surface area contributed by atoms with Gasteiger partial charge in [-0.3, -0.25) is 0 Å². The molecule has 0 fully saturated rings. The SMILES string of the molecule is CCNCc1ccc(NCC(C(C)C)C(C)C)nn1. The summed E-state index contributed by atoms with van der Waals surface area (Å²) in [6, 6.07) is 4.04. The van der Waals surface area contributed by atoms with Gasteiger partial charge in [-0.25, -0.2) is 0 Å². The van der Waals surface area contributed by atoms with Gasteiger partial charge in [0.2, 0.25) is 0 Å². The molecule has 2 N–H and O–H groups in total. The third-order valence-electron chi connectivity index (χ3n) is 3.51. The van der Waals surface area contributed by atoms with Crippen LogP contribution in [0.25, 0.3) is 0 Å². The van der Waals surface area contributed by atoms with Gasteiger partial charge in [0.1, 0.15) is 5.82 Å². The molecular formula is C15H28N4. The minimum absolute atomic E-state index is 0.656. The van der Waals surface area contributed by atoms with Crippen LogP contribution in [0.4, 0.5) is 5.82 Å². The Labute approximate surface area is 117 Å². The largest absolute Gasteiger partial charge is 0.368 e. The fourth-order valence-corrected chi connectivity index (χ4v) is 2.27. The molecule has 0 aliphatic carbocycles. The first-order valence-electron chi connectivity index (χ1n) is 7.31. The summed E-state index contributed by atoms with van der Waals surface area (Å²) in [6.45, 7) is 13.9. The van der Waals surface area contributed by atoms with Crippen LogP contribution in [-0.4, -0.2) is 23.3 Å². The first-order valence-corrected chi connectivity index (χ1v) is 7.31. The van der Waals surface area contributed by atoms with Crippen LogP contribution < -0.4 is 10.6 Å². The highest BCUT2D eigenvalue weighted by Gasteiger charge is 2.17. The Bertz CT molecular complexity index is 338. The molecule has 19 heavy (non-hydrogen) atoms. The number of aromatic nitrogens is 2. The molecule has 0 unspecified atom stereocenters. The van der Waals surface area contributed by atoms with Gasteiger partial charge < -0.3 is 10.6 Å². The molecule has 0 aliphatic heterocycles. The highest BCUT2D eigenvalue weighted by atomic mass is 15.2. The van der Waals surface area contributed by atoms with Gasteiger partial charge in [-0.1, -0.05) is 34.6 Å². The summed E-state index contributed by atoms with van der Waals surface area (Å²) in [7, 11) is 0. The van der Waals surface area contributed by atoms with Crippen molar-refractivity contribution in [1.29, 1.82) is 0 Å². The van der Waals surface area contributed by atoms with E-state index in [4.69, 9.17) is 0 Å². The fraction of sp³-hybridized carbons (Fsp3) is 0.733. The van der Waals surface area contributed by atoms with Gasteiger partial charge in [-0.15, -0.1) is 5.10 Å². The Morgan fingerprint density at radius 1 is 1.05 bits per heavy atom. The number of hydrogen-bond acceptors (Lipinski definition) is 4. The van der Waals surface area contributed by atoms with Crippen LogP contribution in [0.3, 0.4) is 0 Å². The van der Waals surface area contributed by atoms with E-state index in [-0.39, 0.29) is 0 Å². The molecule has 1 aromatic rings. The normalized spacial score (nSPS) is 11.6. The zero-order valence-electron chi connectivity index (χ0n) is 12.9. The van der Waals surface area contributed by atoms with E-state index < -0.39 is 0 Å². The second-order valence-corrected chi connectivity index (χ2v) is 5.72. The molecule has 108 valence electrons. The molecule has 4 nitrogen and oxygen atoms in total. The van der Waals surface area contributed by atoms with Gasteiger partial charge >= 0.3 is 0 Å². The second kappa shape index (κ2) is 8.10. The quantitative estimate of drug-likeness (QED) is 0.758. The maximum Gasteiger partial charge on any atom is 0.148 e. The Kier molecular flexibility index (Phi) is 6.78. The van der Waals surface area contributed by atoms with Crippen molar-refractivity contribution in [3.63, 3.8) is 0 Å². The Morgan fingerprint density at radius 3 is 2.21 bits per heavy atom. The summed E-state index contributed by atoms with van der Waals surface area (Å²) >= 11 is 0. The van der Waals surface area contributed by atoms with E-state index in [1.165, 1.54) is 0 Å². The van der Waals surface area contributed by atoms with Crippen molar-refractivity contribution in [3.8, 4) is 0 Å². The van der Waals surface area contributed by atoms with Gasteiger partial charge in [-0.2, -0.15) is 5.10 Å². The van der Waals surface area contributed by atoms with Gasteiger partial charge in [0.25, 0.3) is 0 Å². The summed E-state index contributed by atoms with van der Waals surface area (Å²) in [5, 5.41) is 15.1. The highest BCUT2D eigenvalue weighted by molar-refractivity contribution is 5.32. The maximum absolute atomic E-state index is 4.22. The average molecular weight is 264 g/mol. The zero-order chi connectivity index (χ0) is 14.3. The lowest BCUT2D eigenvalue weighted by molar-refractivity contribution is 0.304. The molecule has 0 saturated carbocycles. The van der Waals surface area contributed by atoms with Crippen molar-refractivity contribution >= 4 is 5.82 Å². The van der Waals surface area contributed by atoms with Crippen molar-refractivity contribution in [2.45, 2.75) is 41.2 Å². The Hall–Kier alpha value is -1.16. The van der Waals surface area contributed by atoms with Gasteiger partial charge in [0.05, 0.1) is 5.69 Å². The lowest BCUT2D eigenvalue weighted by Gasteiger charge is -2.25. The van der Waals surface area contributed by atoms with Crippen LogP contribution in [0, 0.1) is 17.8 Å². The molecular weight excluding hydrogens is 236 g/mol. The summed E-state index contributed by atoms with van der Waals surface area (Å²) in [5.41, 5.74) is 0.983. The molecule has 0 atom stereocenters. The van der Waals surface area contributed by atoms with E-state index >= 15 is 0 Å². The summed E-state index contributed by atoms with van der Waals surface area (Å²) < 4.78 is 0. The fourth-order valence-electron chi connectivity index (χ4n) is 2.27. The minimum atomic E-state index is 0.656. The molecule has 1 rings (SSSR count). The van der Waals surface area contributed by atoms with E-state index in [0.29, 0.717) is 17.8 Å². The molecule has 0 bridgehead atoms. The van der Waals surface area contributed by atoms with Crippen molar-refractivity contribution in [1.82, 2.24) is 15.5 Å². The average Bonchev–Trinajstić information content (AvgIpc) is 2.37. The first kappa shape index (κ1) is 15.9. The van der Waals surface area contributed by atoms with E-state index in [1.54, 1.807) is 0 Å². The Balaban J connectivity index is 2.48. The second-order valence-electron chi connectivity index (χ2n) is 5.72. The van der Waals surface area contributed by atoms with E-state index in [1.807, 2.05) is 12.1 Å². The summed E-state index contributed by atoms with van der Waals surface area (Å²) in [4.78, 5) is 0. The van der Waals surface area contributed by atoms with Crippen molar-refractivity contribution in [2.75, 3.05) is 18.4 Å². The van der Waals surface area contributed by atoms with E-state index in [2.05, 4.69) is 55.4 Å². The number of hydrogen-bond donors (Lipinski definition) is 2. The maximum atomic E-state index is 4.22. The Morgan fingerprint density at radius 2 is 1.74 bits per heavy atom. The molecule has 0 spiro atoms. The van der Waals surface area contributed by atoms with Crippen LogP contribution in [0.15, 0.2) is 12.1 Å². The number of nitrogens with zero attached hydrogens (tertiary/aromatic N) is 2. The topological polar surface area (TPSA) is 49.8 Å². The van der Waals surface area contributed by atoms with E-state index in [9.17, 15) is 0 Å². The summed E-state index contributed by atoms with van der Waals surface area (Å²) in [5.74, 6) is 2.87. The number of anilines is 1. The third kappa shape index (κ3) is 5.55. The predicted octanol–water partition coefficient (Wildman–Crippen LogP) is 2.93. The molecule has 1 heterocycles. The summed E-state index contributed by atoms with van der Waals surface area (Å²) in [6.07, 6.45) is 0. The molecule has 1 aromatic heterocycles. The van der Waals surface area contributed by atoms with Crippen molar-refractivity contribution < 1.29 is 0 Å². The van der Waals surface area contributed by atoms with Crippen molar-refractivity contribution in [2.24, 2.45) is 17.8 Å². The zero-order valence-corrected chi connectivity index (χ0v) is 12.9. The molecule has 0 aromatic carbocycles. The van der Waals surface area contributed by atoms with Crippen molar-refractivity contribution in [3.05, 3.63) is 17.8 Å². The molecule has 4 heteroatoms. The first-order chi connectivity index (χ1) is 9.04. The minimum Gasteiger partial charge on any atom is -0.368 e. The highest BCUT2D eigenvalue weighted by Crippen LogP contribution is 2.20. The smallest absolute Gasteiger partial charge is 0.148 e. The number of nitrogens with one attached hydrogen (secondary N) is 2. The van der Waals surface area contributed by atoms with Crippen LogP contribution in [-0.2, 0) is 6.54 Å². The lowest BCUT2D eigenvalue weighted by Crippen LogP contribution is -2.25. The molecule has 0 aliphatic rings. The molecule has 0 amide bonds. The predicted molar refractivity (Wildman–Crippen MR) is 81.1 cm³/mol.